The van der Waals surface area contributed by atoms with Crippen LogP contribution in [0.25, 0.3) is 17.1 Å². The Balaban J connectivity index is 1.40. The fourth-order valence-corrected chi connectivity index (χ4v) is 3.98. The number of aromatic nitrogens is 5. The maximum absolute atomic E-state index is 15.4. The van der Waals surface area contributed by atoms with Gasteiger partial charge in [0.05, 0.1) is 46.2 Å². The second kappa shape index (κ2) is 9.77. The van der Waals surface area contributed by atoms with Gasteiger partial charge < -0.3 is 9.15 Å². The van der Waals surface area contributed by atoms with E-state index >= 15 is 4.39 Å². The second-order valence-corrected chi connectivity index (χ2v) is 8.52. The Morgan fingerprint density at radius 2 is 1.92 bits per heavy atom. The first-order valence-corrected chi connectivity index (χ1v) is 11.3. The van der Waals surface area contributed by atoms with Crippen molar-refractivity contribution in [2.75, 3.05) is 0 Å². The zero-order chi connectivity index (χ0) is 25.2. The molecule has 8 nitrogen and oxygen atoms in total. The van der Waals surface area contributed by atoms with Crippen LogP contribution in [-0.4, -0.2) is 25.0 Å². The molecular formula is C25H15Cl2FN6O2. The Kier molecular flexibility index (Phi) is 6.38. The van der Waals surface area contributed by atoms with Crippen LogP contribution in [0.4, 0.5) is 4.39 Å². The fourth-order valence-electron chi connectivity index (χ4n) is 3.57. The first kappa shape index (κ1) is 23.5. The van der Waals surface area contributed by atoms with E-state index in [4.69, 9.17) is 37.6 Å². The van der Waals surface area contributed by atoms with Crippen LogP contribution in [0.3, 0.4) is 0 Å². The van der Waals surface area contributed by atoms with Gasteiger partial charge in [0.2, 0.25) is 5.89 Å². The molecule has 11 heteroatoms. The van der Waals surface area contributed by atoms with Gasteiger partial charge in [0, 0.05) is 23.0 Å². The van der Waals surface area contributed by atoms with Gasteiger partial charge in [-0.25, -0.2) is 9.07 Å². The minimum absolute atomic E-state index is 0.00287. The van der Waals surface area contributed by atoms with Crippen molar-refractivity contribution in [2.24, 2.45) is 0 Å². The topological polar surface area (TPSA) is 103 Å². The number of rotatable bonds is 6. The normalized spacial score (nSPS) is 10.9. The van der Waals surface area contributed by atoms with Crippen molar-refractivity contribution in [3.63, 3.8) is 0 Å². The molecule has 0 radical (unpaired) electrons. The summed E-state index contributed by atoms with van der Waals surface area (Å²) in [6.45, 7) is 1.88. The van der Waals surface area contributed by atoms with E-state index in [9.17, 15) is 0 Å². The molecule has 0 bridgehead atoms. The van der Waals surface area contributed by atoms with Crippen molar-refractivity contribution in [1.82, 2.24) is 25.0 Å². The lowest BCUT2D eigenvalue weighted by Gasteiger charge is -2.11. The summed E-state index contributed by atoms with van der Waals surface area (Å²) in [5.74, 6) is -0.255. The van der Waals surface area contributed by atoms with Gasteiger partial charge in [-0.15, -0.1) is 10.2 Å². The highest BCUT2D eigenvalue weighted by molar-refractivity contribution is 6.32. The molecule has 0 aliphatic heterocycles. The van der Waals surface area contributed by atoms with Crippen LogP contribution in [0, 0.1) is 24.1 Å². The van der Waals surface area contributed by atoms with Crippen molar-refractivity contribution in [3.8, 4) is 34.7 Å². The summed E-state index contributed by atoms with van der Waals surface area (Å²) in [7, 11) is 0. The third-order valence-electron chi connectivity index (χ3n) is 5.31. The van der Waals surface area contributed by atoms with Gasteiger partial charge in [0.25, 0.3) is 5.89 Å². The standard InChI is InChI=1S/C25H15Cl2FN6O2/c1-14-20(13-31-34(14)18-4-6-30-7-5-18)25-33-32-22(36-25)10-16-2-3-21(27)24(23(16)28)35-19-9-15(12-29)8-17(26)11-19/h2-9,11,13H,10H2,1H3. The number of nitrogens with zero attached hydrogens (tertiary/aromatic N) is 6. The molecular weight excluding hydrogens is 506 g/mol. The Morgan fingerprint density at radius 1 is 1.11 bits per heavy atom. The van der Waals surface area contributed by atoms with Gasteiger partial charge in [-0.3, -0.25) is 4.98 Å². The zero-order valence-electron chi connectivity index (χ0n) is 18.6. The van der Waals surface area contributed by atoms with E-state index in [1.165, 1.54) is 30.3 Å². The molecule has 0 aliphatic rings. The van der Waals surface area contributed by atoms with E-state index in [0.29, 0.717) is 5.56 Å². The predicted molar refractivity (Wildman–Crippen MR) is 130 cm³/mol. The van der Waals surface area contributed by atoms with Crippen molar-refractivity contribution >= 4 is 23.2 Å². The molecule has 3 aromatic heterocycles. The molecule has 0 amide bonds. The summed E-state index contributed by atoms with van der Waals surface area (Å²) in [5.41, 5.74) is 2.79. The molecule has 5 rings (SSSR count). The van der Waals surface area contributed by atoms with Crippen molar-refractivity contribution < 1.29 is 13.5 Å². The van der Waals surface area contributed by atoms with E-state index in [1.807, 2.05) is 25.1 Å². The van der Waals surface area contributed by atoms with Crippen LogP contribution in [0.1, 0.15) is 22.7 Å². The molecule has 0 saturated carbocycles. The van der Waals surface area contributed by atoms with Gasteiger partial charge in [-0.05, 0) is 43.3 Å². The largest absolute Gasteiger partial charge is 0.453 e. The SMILES string of the molecule is Cc1c(-c2nnc(Cc3ccc(Cl)c(Oc4cc(Cl)cc(C#N)c4)c3F)o2)cnn1-c1ccncc1. The molecule has 0 saturated heterocycles. The second-order valence-electron chi connectivity index (χ2n) is 7.68. The van der Waals surface area contributed by atoms with Gasteiger partial charge in [-0.1, -0.05) is 29.3 Å². The lowest BCUT2D eigenvalue weighted by molar-refractivity contribution is 0.437. The van der Waals surface area contributed by atoms with E-state index in [1.54, 1.807) is 23.3 Å². The zero-order valence-corrected chi connectivity index (χ0v) is 20.1. The van der Waals surface area contributed by atoms with Crippen LogP contribution in [0.15, 0.2) is 65.5 Å². The molecule has 0 atom stereocenters. The van der Waals surface area contributed by atoms with Crippen molar-refractivity contribution in [3.05, 3.63) is 99.6 Å². The van der Waals surface area contributed by atoms with Crippen LogP contribution in [0.5, 0.6) is 11.5 Å². The van der Waals surface area contributed by atoms with Gasteiger partial charge in [-0.2, -0.15) is 10.4 Å². The van der Waals surface area contributed by atoms with Crippen LogP contribution in [-0.2, 0) is 6.42 Å². The Labute approximate surface area is 214 Å². The average Bonchev–Trinajstić information content (AvgIpc) is 3.50. The number of hydrogen-bond donors (Lipinski definition) is 0. The van der Waals surface area contributed by atoms with Crippen molar-refractivity contribution in [1.29, 1.82) is 5.26 Å². The minimum Gasteiger partial charge on any atom is -0.453 e. The lowest BCUT2D eigenvalue weighted by atomic mass is 10.1. The number of ether oxygens (including phenoxy) is 1. The molecule has 178 valence electrons. The predicted octanol–water partition coefficient (Wildman–Crippen LogP) is 6.33. The number of halogens is 3. The molecule has 36 heavy (non-hydrogen) atoms. The first-order chi connectivity index (χ1) is 17.4. The quantitative estimate of drug-likeness (QED) is 0.257. The van der Waals surface area contributed by atoms with Gasteiger partial charge >= 0.3 is 0 Å². The fraction of sp³-hybridized carbons (Fsp3) is 0.0800. The van der Waals surface area contributed by atoms with Crippen LogP contribution < -0.4 is 4.74 Å². The molecule has 3 heterocycles. The molecule has 2 aromatic carbocycles. The number of nitriles is 1. The molecule has 0 spiro atoms. The van der Waals surface area contributed by atoms with E-state index in [2.05, 4.69) is 20.3 Å². The highest BCUT2D eigenvalue weighted by Crippen LogP contribution is 2.36. The Morgan fingerprint density at radius 3 is 2.69 bits per heavy atom. The van der Waals surface area contributed by atoms with Gasteiger partial charge in [0.1, 0.15) is 5.75 Å². The molecule has 0 fully saturated rings. The van der Waals surface area contributed by atoms with Gasteiger partial charge in [0.15, 0.2) is 11.6 Å². The van der Waals surface area contributed by atoms with Crippen LogP contribution in [0.2, 0.25) is 10.0 Å². The maximum Gasteiger partial charge on any atom is 0.251 e. The smallest absolute Gasteiger partial charge is 0.251 e. The summed E-state index contributed by atoms with van der Waals surface area (Å²) in [6, 6.07) is 13.0. The molecule has 5 aromatic rings. The van der Waals surface area contributed by atoms with Crippen LogP contribution >= 0.6 is 23.2 Å². The van der Waals surface area contributed by atoms with E-state index < -0.39 is 5.82 Å². The highest BCUT2D eigenvalue weighted by Gasteiger charge is 2.20. The third kappa shape index (κ3) is 4.64. The molecule has 0 aliphatic carbocycles. The number of hydrogen-bond acceptors (Lipinski definition) is 7. The van der Waals surface area contributed by atoms with Crippen molar-refractivity contribution in [2.45, 2.75) is 13.3 Å². The number of benzene rings is 2. The average molecular weight is 521 g/mol. The monoisotopic (exact) mass is 520 g/mol. The van der Waals surface area contributed by atoms with E-state index in [-0.39, 0.29) is 50.9 Å². The maximum atomic E-state index is 15.4. The third-order valence-corrected chi connectivity index (χ3v) is 5.82. The summed E-state index contributed by atoms with van der Waals surface area (Å²) >= 11 is 12.2. The molecule has 0 unspecified atom stereocenters. The Bertz CT molecular complexity index is 1610. The highest BCUT2D eigenvalue weighted by atomic mass is 35.5. The lowest BCUT2D eigenvalue weighted by Crippen LogP contribution is -1.98. The summed E-state index contributed by atoms with van der Waals surface area (Å²) in [6.07, 6.45) is 4.98. The summed E-state index contributed by atoms with van der Waals surface area (Å²) < 4.78 is 28.6. The molecule has 0 N–H and O–H groups in total. The number of pyridine rings is 1. The van der Waals surface area contributed by atoms with E-state index in [0.717, 1.165) is 11.4 Å². The summed E-state index contributed by atoms with van der Waals surface area (Å²) in [4.78, 5) is 4.01. The summed E-state index contributed by atoms with van der Waals surface area (Å²) in [5, 5.41) is 22.0. The first-order valence-electron chi connectivity index (χ1n) is 10.6. The minimum atomic E-state index is -0.692. The Hall–Kier alpha value is -4.26.